The highest BCUT2D eigenvalue weighted by atomic mass is 16.6. The molecular weight excluding hydrogens is 328 g/mol. The van der Waals surface area contributed by atoms with Gasteiger partial charge in [-0.1, -0.05) is 49.6 Å². The normalized spacial score (nSPS) is 17.8. The molecule has 0 radical (unpaired) electrons. The van der Waals surface area contributed by atoms with E-state index in [0.29, 0.717) is 5.92 Å². The minimum Gasteiger partial charge on any atom is -0.444 e. The van der Waals surface area contributed by atoms with E-state index in [0.717, 1.165) is 18.4 Å². The smallest absolute Gasteiger partial charge is 0.408 e. The fraction of sp³-hybridized carbons (Fsp3) is 0.619. The van der Waals surface area contributed by atoms with E-state index in [1.807, 2.05) is 30.3 Å². The fourth-order valence-electron chi connectivity index (χ4n) is 3.43. The number of amides is 2. The van der Waals surface area contributed by atoms with Gasteiger partial charge in [-0.2, -0.15) is 0 Å². The molecule has 0 saturated heterocycles. The standard InChI is InChI=1S/C21H32N2O3/c1-15(16-11-7-5-8-12-16)22-19(24)18(17-13-9-6-10-14-17)23-20(25)26-21(2,3)4/h6,9-10,13-16,18H,5,7-8,11-12H2,1-4H3,(H,22,24)(H,23,25)/t15-,18-/m1/s1. The van der Waals surface area contributed by atoms with E-state index in [1.165, 1.54) is 19.3 Å². The molecule has 144 valence electrons. The average Bonchev–Trinajstić information content (AvgIpc) is 2.59. The summed E-state index contributed by atoms with van der Waals surface area (Å²) in [4.78, 5) is 25.1. The van der Waals surface area contributed by atoms with Crippen LogP contribution in [0, 0.1) is 5.92 Å². The molecule has 1 aliphatic rings. The Morgan fingerprint density at radius 1 is 1.04 bits per heavy atom. The van der Waals surface area contributed by atoms with Gasteiger partial charge >= 0.3 is 6.09 Å². The summed E-state index contributed by atoms with van der Waals surface area (Å²) >= 11 is 0. The zero-order chi connectivity index (χ0) is 19.2. The van der Waals surface area contributed by atoms with Crippen LogP contribution in [0.5, 0.6) is 0 Å². The second-order valence-corrected chi connectivity index (χ2v) is 8.19. The van der Waals surface area contributed by atoms with E-state index < -0.39 is 17.7 Å². The highest BCUT2D eigenvalue weighted by Gasteiger charge is 2.28. The van der Waals surface area contributed by atoms with E-state index >= 15 is 0 Å². The van der Waals surface area contributed by atoms with Gasteiger partial charge in [0.15, 0.2) is 0 Å². The summed E-state index contributed by atoms with van der Waals surface area (Å²) in [5.41, 5.74) is 0.128. The SMILES string of the molecule is C[C@@H](NC(=O)[C@H](NC(=O)OC(C)(C)C)c1ccccc1)C1CCCCC1. The van der Waals surface area contributed by atoms with E-state index in [-0.39, 0.29) is 11.9 Å². The molecule has 1 aliphatic carbocycles. The molecule has 1 aromatic rings. The number of alkyl carbamates (subject to hydrolysis) is 1. The Labute approximate surface area is 156 Å². The molecule has 1 saturated carbocycles. The first-order valence-electron chi connectivity index (χ1n) is 9.61. The molecule has 2 rings (SSSR count). The van der Waals surface area contributed by atoms with Gasteiger partial charge in [0, 0.05) is 6.04 Å². The van der Waals surface area contributed by atoms with Crippen molar-refractivity contribution in [1.82, 2.24) is 10.6 Å². The Kier molecular flexibility index (Phi) is 7.06. The molecule has 2 N–H and O–H groups in total. The van der Waals surface area contributed by atoms with Crippen LogP contribution >= 0.6 is 0 Å². The number of carbonyl (C=O) groups is 2. The molecule has 0 bridgehead atoms. The van der Waals surface area contributed by atoms with Gasteiger partial charge in [-0.05, 0) is 52.0 Å². The number of ether oxygens (including phenoxy) is 1. The topological polar surface area (TPSA) is 67.4 Å². The summed E-state index contributed by atoms with van der Waals surface area (Å²) in [6, 6.07) is 8.61. The molecule has 0 spiro atoms. The van der Waals surface area contributed by atoms with Crippen molar-refractivity contribution in [2.24, 2.45) is 5.92 Å². The minimum atomic E-state index is -0.767. The lowest BCUT2D eigenvalue weighted by Gasteiger charge is -2.30. The highest BCUT2D eigenvalue weighted by molar-refractivity contribution is 5.87. The molecule has 5 nitrogen and oxygen atoms in total. The van der Waals surface area contributed by atoms with Crippen LogP contribution in [-0.2, 0) is 9.53 Å². The number of nitrogens with one attached hydrogen (secondary N) is 2. The van der Waals surface area contributed by atoms with Gasteiger partial charge in [0.05, 0.1) is 0 Å². The van der Waals surface area contributed by atoms with Crippen molar-refractivity contribution in [2.45, 2.75) is 77.5 Å². The lowest BCUT2D eigenvalue weighted by molar-refractivity contribution is -0.124. The quantitative estimate of drug-likeness (QED) is 0.821. The molecule has 1 aromatic carbocycles. The van der Waals surface area contributed by atoms with E-state index in [9.17, 15) is 9.59 Å². The Hall–Kier alpha value is -2.04. The second-order valence-electron chi connectivity index (χ2n) is 8.19. The zero-order valence-electron chi connectivity index (χ0n) is 16.4. The number of carbonyl (C=O) groups excluding carboxylic acids is 2. The Morgan fingerprint density at radius 3 is 2.23 bits per heavy atom. The van der Waals surface area contributed by atoms with Crippen LogP contribution in [0.4, 0.5) is 4.79 Å². The molecule has 2 amide bonds. The third kappa shape index (κ3) is 6.36. The monoisotopic (exact) mass is 360 g/mol. The molecule has 1 fully saturated rings. The van der Waals surface area contributed by atoms with Crippen molar-refractivity contribution in [3.8, 4) is 0 Å². The van der Waals surface area contributed by atoms with Gasteiger partial charge in [0.2, 0.25) is 5.91 Å². The third-order valence-corrected chi connectivity index (χ3v) is 4.78. The predicted octanol–water partition coefficient (Wildman–Crippen LogP) is 4.34. The molecular formula is C21H32N2O3. The van der Waals surface area contributed by atoms with Crippen molar-refractivity contribution < 1.29 is 14.3 Å². The Balaban J connectivity index is 2.07. The van der Waals surface area contributed by atoms with Crippen LogP contribution in [0.3, 0.4) is 0 Å². The average molecular weight is 360 g/mol. The lowest BCUT2D eigenvalue weighted by atomic mass is 9.84. The summed E-state index contributed by atoms with van der Waals surface area (Å²) in [6.07, 6.45) is 5.44. The van der Waals surface area contributed by atoms with Crippen molar-refractivity contribution in [3.05, 3.63) is 35.9 Å². The largest absolute Gasteiger partial charge is 0.444 e. The second kappa shape index (κ2) is 9.06. The maximum atomic E-state index is 12.9. The number of rotatable bonds is 5. The maximum absolute atomic E-state index is 12.9. The van der Waals surface area contributed by atoms with E-state index in [4.69, 9.17) is 4.74 Å². The lowest BCUT2D eigenvalue weighted by Crippen LogP contribution is -2.47. The summed E-state index contributed by atoms with van der Waals surface area (Å²) in [5.74, 6) is 0.311. The van der Waals surface area contributed by atoms with Crippen LogP contribution in [0.2, 0.25) is 0 Å². The zero-order valence-corrected chi connectivity index (χ0v) is 16.4. The highest BCUT2D eigenvalue weighted by Crippen LogP contribution is 2.26. The van der Waals surface area contributed by atoms with E-state index in [2.05, 4.69) is 17.6 Å². The predicted molar refractivity (Wildman–Crippen MR) is 103 cm³/mol. The molecule has 0 aliphatic heterocycles. The first-order valence-corrected chi connectivity index (χ1v) is 9.61. The van der Waals surface area contributed by atoms with Crippen LogP contribution < -0.4 is 10.6 Å². The summed E-state index contributed by atoms with van der Waals surface area (Å²) in [5, 5.41) is 5.83. The summed E-state index contributed by atoms with van der Waals surface area (Å²) in [6.45, 7) is 7.46. The van der Waals surface area contributed by atoms with Crippen LogP contribution in [0.25, 0.3) is 0 Å². The van der Waals surface area contributed by atoms with Gasteiger partial charge in [-0.3, -0.25) is 4.79 Å². The molecule has 5 heteroatoms. The number of hydrogen-bond donors (Lipinski definition) is 2. The van der Waals surface area contributed by atoms with Gasteiger partial charge in [0.1, 0.15) is 11.6 Å². The van der Waals surface area contributed by atoms with Crippen molar-refractivity contribution in [2.75, 3.05) is 0 Å². The third-order valence-electron chi connectivity index (χ3n) is 4.78. The van der Waals surface area contributed by atoms with Crippen molar-refractivity contribution >= 4 is 12.0 Å². The number of benzene rings is 1. The van der Waals surface area contributed by atoms with E-state index in [1.54, 1.807) is 20.8 Å². The van der Waals surface area contributed by atoms with Gasteiger partial charge in [-0.15, -0.1) is 0 Å². The van der Waals surface area contributed by atoms with Crippen LogP contribution in [0.1, 0.15) is 71.4 Å². The minimum absolute atomic E-state index is 0.0921. The molecule has 0 aromatic heterocycles. The van der Waals surface area contributed by atoms with Crippen LogP contribution in [0.15, 0.2) is 30.3 Å². The fourth-order valence-corrected chi connectivity index (χ4v) is 3.43. The molecule has 2 atom stereocenters. The first-order chi connectivity index (χ1) is 12.3. The van der Waals surface area contributed by atoms with Gasteiger partial charge in [0.25, 0.3) is 0 Å². The Bertz CT molecular complexity index is 589. The molecule has 0 heterocycles. The van der Waals surface area contributed by atoms with Crippen LogP contribution in [-0.4, -0.2) is 23.6 Å². The van der Waals surface area contributed by atoms with Gasteiger partial charge < -0.3 is 15.4 Å². The molecule has 0 unspecified atom stereocenters. The maximum Gasteiger partial charge on any atom is 0.408 e. The first kappa shape index (κ1) is 20.3. The molecule has 26 heavy (non-hydrogen) atoms. The summed E-state index contributed by atoms with van der Waals surface area (Å²) < 4.78 is 5.33. The number of hydrogen-bond acceptors (Lipinski definition) is 3. The Morgan fingerprint density at radius 2 is 1.65 bits per heavy atom. The van der Waals surface area contributed by atoms with Crippen molar-refractivity contribution in [3.63, 3.8) is 0 Å². The summed E-state index contributed by atoms with van der Waals surface area (Å²) in [7, 11) is 0. The van der Waals surface area contributed by atoms with Crippen molar-refractivity contribution in [1.29, 1.82) is 0 Å². The van der Waals surface area contributed by atoms with Gasteiger partial charge in [-0.25, -0.2) is 4.79 Å².